The van der Waals surface area contributed by atoms with Gasteiger partial charge in [-0.3, -0.25) is 9.10 Å². The zero-order valence-electron chi connectivity index (χ0n) is 17.0. The Hall–Kier alpha value is -2.83. The van der Waals surface area contributed by atoms with E-state index >= 15 is 0 Å². The number of anilines is 2. The maximum atomic E-state index is 13.4. The van der Waals surface area contributed by atoms with Gasteiger partial charge in [0, 0.05) is 10.7 Å². The van der Waals surface area contributed by atoms with Gasteiger partial charge >= 0.3 is 0 Å². The molecule has 0 aliphatic heterocycles. The highest BCUT2D eigenvalue weighted by atomic mass is 35.5. The van der Waals surface area contributed by atoms with Crippen LogP contribution in [0.1, 0.15) is 16.7 Å². The zero-order valence-corrected chi connectivity index (χ0v) is 18.6. The van der Waals surface area contributed by atoms with E-state index < -0.39 is 15.9 Å². The third-order valence-corrected chi connectivity index (χ3v) is 6.88. The number of hydrogen-bond donors (Lipinski definition) is 1. The van der Waals surface area contributed by atoms with Crippen molar-refractivity contribution in [2.24, 2.45) is 0 Å². The highest BCUT2D eigenvalue weighted by Crippen LogP contribution is 2.28. The Kier molecular flexibility index (Phi) is 6.48. The van der Waals surface area contributed by atoms with Crippen LogP contribution < -0.4 is 9.62 Å². The van der Waals surface area contributed by atoms with Crippen LogP contribution in [0.2, 0.25) is 5.02 Å². The topological polar surface area (TPSA) is 66.5 Å². The number of carbonyl (C=O) groups is 1. The van der Waals surface area contributed by atoms with Crippen LogP contribution in [0.15, 0.2) is 71.6 Å². The molecule has 0 bridgehead atoms. The van der Waals surface area contributed by atoms with Gasteiger partial charge in [0.2, 0.25) is 5.91 Å². The van der Waals surface area contributed by atoms with Gasteiger partial charge in [-0.1, -0.05) is 53.6 Å². The number of carbonyl (C=O) groups excluding carboxylic acids is 1. The monoisotopic (exact) mass is 442 g/mol. The van der Waals surface area contributed by atoms with Crippen LogP contribution in [0, 0.1) is 20.8 Å². The summed E-state index contributed by atoms with van der Waals surface area (Å²) in [4.78, 5) is 12.9. The van der Waals surface area contributed by atoms with Gasteiger partial charge < -0.3 is 5.32 Å². The van der Waals surface area contributed by atoms with Crippen molar-refractivity contribution in [3.63, 3.8) is 0 Å². The maximum Gasteiger partial charge on any atom is 0.264 e. The van der Waals surface area contributed by atoms with Gasteiger partial charge in [0.15, 0.2) is 0 Å². The van der Waals surface area contributed by atoms with Gasteiger partial charge in [-0.05, 0) is 62.2 Å². The van der Waals surface area contributed by atoms with E-state index in [1.165, 1.54) is 12.1 Å². The lowest BCUT2D eigenvalue weighted by Crippen LogP contribution is -2.38. The minimum Gasteiger partial charge on any atom is -0.324 e. The first kappa shape index (κ1) is 21.9. The molecule has 3 aromatic carbocycles. The molecule has 5 nitrogen and oxygen atoms in total. The Morgan fingerprint density at radius 2 is 1.63 bits per heavy atom. The molecule has 156 valence electrons. The Morgan fingerprint density at radius 3 is 2.27 bits per heavy atom. The highest BCUT2D eigenvalue weighted by Gasteiger charge is 2.28. The lowest BCUT2D eigenvalue weighted by atomic mass is 10.1. The molecule has 0 radical (unpaired) electrons. The number of halogens is 1. The lowest BCUT2D eigenvalue weighted by Gasteiger charge is -2.26. The van der Waals surface area contributed by atoms with Crippen molar-refractivity contribution in [1.82, 2.24) is 0 Å². The largest absolute Gasteiger partial charge is 0.324 e. The second-order valence-electron chi connectivity index (χ2n) is 7.13. The number of amides is 1. The van der Waals surface area contributed by atoms with Crippen molar-refractivity contribution in [3.8, 4) is 0 Å². The fourth-order valence-corrected chi connectivity index (χ4v) is 4.79. The summed E-state index contributed by atoms with van der Waals surface area (Å²) in [7, 11) is -3.95. The summed E-state index contributed by atoms with van der Waals surface area (Å²) < 4.78 is 27.9. The Labute approximate surface area is 182 Å². The number of rotatable bonds is 6. The molecule has 0 fully saturated rings. The zero-order chi connectivity index (χ0) is 21.9. The van der Waals surface area contributed by atoms with Crippen LogP contribution in [0.5, 0.6) is 0 Å². The van der Waals surface area contributed by atoms with E-state index in [1.54, 1.807) is 42.5 Å². The average Bonchev–Trinajstić information content (AvgIpc) is 2.70. The molecule has 0 unspecified atom stereocenters. The lowest BCUT2D eigenvalue weighted by molar-refractivity contribution is -0.114. The standard InChI is InChI=1S/C23H23ClN2O3S/c1-16-9-12-22(18(3)13-16)26(30(28,29)20-7-5-4-6-8-20)15-23(27)25-19-11-10-17(2)21(24)14-19/h4-14H,15H2,1-3H3,(H,25,27). The third-order valence-electron chi connectivity index (χ3n) is 4.69. The number of aryl methyl sites for hydroxylation is 3. The first-order chi connectivity index (χ1) is 14.2. The molecule has 3 aromatic rings. The fourth-order valence-electron chi connectivity index (χ4n) is 3.11. The van der Waals surface area contributed by atoms with Gasteiger partial charge in [-0.15, -0.1) is 0 Å². The molecule has 30 heavy (non-hydrogen) atoms. The quantitative estimate of drug-likeness (QED) is 0.577. The highest BCUT2D eigenvalue weighted by molar-refractivity contribution is 7.92. The van der Waals surface area contributed by atoms with Crippen molar-refractivity contribution in [2.75, 3.05) is 16.2 Å². The van der Waals surface area contributed by atoms with Crippen LogP contribution in [0.3, 0.4) is 0 Å². The Balaban J connectivity index is 1.97. The Bertz CT molecular complexity index is 1180. The summed E-state index contributed by atoms with van der Waals surface area (Å²) in [6, 6.07) is 18.7. The molecule has 0 saturated heterocycles. The SMILES string of the molecule is Cc1ccc(N(CC(=O)Nc2ccc(C)c(Cl)c2)S(=O)(=O)c2ccccc2)c(C)c1. The normalized spacial score (nSPS) is 11.2. The van der Waals surface area contributed by atoms with Crippen LogP contribution >= 0.6 is 11.6 Å². The van der Waals surface area contributed by atoms with Gasteiger partial charge in [0.1, 0.15) is 6.54 Å². The van der Waals surface area contributed by atoms with Crippen molar-refractivity contribution < 1.29 is 13.2 Å². The average molecular weight is 443 g/mol. The van der Waals surface area contributed by atoms with Gasteiger partial charge in [0.25, 0.3) is 10.0 Å². The van der Waals surface area contributed by atoms with Crippen LogP contribution in [-0.2, 0) is 14.8 Å². The summed E-state index contributed by atoms with van der Waals surface area (Å²) in [5.41, 5.74) is 3.63. The molecular weight excluding hydrogens is 420 g/mol. The first-order valence-corrected chi connectivity index (χ1v) is 11.2. The molecule has 1 N–H and O–H groups in total. The summed E-state index contributed by atoms with van der Waals surface area (Å²) in [6.07, 6.45) is 0. The molecule has 3 rings (SSSR count). The molecule has 0 aromatic heterocycles. The van der Waals surface area contributed by atoms with E-state index in [-0.39, 0.29) is 11.4 Å². The molecular formula is C23H23ClN2O3S. The van der Waals surface area contributed by atoms with Crippen molar-refractivity contribution in [3.05, 3.63) is 88.4 Å². The summed E-state index contributed by atoms with van der Waals surface area (Å²) >= 11 is 6.13. The fraction of sp³-hybridized carbons (Fsp3) is 0.174. The minimum absolute atomic E-state index is 0.121. The second-order valence-corrected chi connectivity index (χ2v) is 9.40. The predicted octanol–water partition coefficient (Wildman–Crippen LogP) is 5.10. The van der Waals surface area contributed by atoms with Gasteiger partial charge in [-0.2, -0.15) is 0 Å². The summed E-state index contributed by atoms with van der Waals surface area (Å²) in [5.74, 6) is -0.464. The summed E-state index contributed by atoms with van der Waals surface area (Å²) in [6.45, 7) is 5.25. The number of benzene rings is 3. The van der Waals surface area contributed by atoms with E-state index in [1.807, 2.05) is 32.9 Å². The molecule has 1 amide bonds. The molecule has 0 atom stereocenters. The van der Waals surface area contributed by atoms with Gasteiger partial charge in [0.05, 0.1) is 10.6 Å². The van der Waals surface area contributed by atoms with Crippen molar-refractivity contribution >= 4 is 38.9 Å². The second kappa shape index (κ2) is 8.90. The number of hydrogen-bond acceptors (Lipinski definition) is 3. The first-order valence-electron chi connectivity index (χ1n) is 9.39. The van der Waals surface area contributed by atoms with E-state index in [0.717, 1.165) is 21.0 Å². The van der Waals surface area contributed by atoms with Crippen LogP contribution in [0.25, 0.3) is 0 Å². The van der Waals surface area contributed by atoms with Crippen LogP contribution in [0.4, 0.5) is 11.4 Å². The molecule has 0 aliphatic carbocycles. The maximum absolute atomic E-state index is 13.4. The summed E-state index contributed by atoms with van der Waals surface area (Å²) in [5, 5.41) is 3.26. The van der Waals surface area contributed by atoms with Crippen molar-refractivity contribution in [2.45, 2.75) is 25.7 Å². The van der Waals surface area contributed by atoms with E-state index in [2.05, 4.69) is 5.32 Å². The van der Waals surface area contributed by atoms with Gasteiger partial charge in [-0.25, -0.2) is 8.42 Å². The minimum atomic E-state index is -3.95. The molecule has 0 saturated carbocycles. The van der Waals surface area contributed by atoms with Crippen molar-refractivity contribution in [1.29, 1.82) is 0 Å². The van der Waals surface area contributed by atoms with E-state index in [4.69, 9.17) is 11.6 Å². The molecule has 0 spiro atoms. The third kappa shape index (κ3) is 4.83. The predicted molar refractivity (Wildman–Crippen MR) is 122 cm³/mol. The number of sulfonamides is 1. The van der Waals surface area contributed by atoms with E-state index in [0.29, 0.717) is 16.4 Å². The number of nitrogens with zero attached hydrogens (tertiary/aromatic N) is 1. The van der Waals surface area contributed by atoms with Crippen LogP contribution in [-0.4, -0.2) is 20.9 Å². The number of nitrogens with one attached hydrogen (secondary N) is 1. The molecule has 0 heterocycles. The van der Waals surface area contributed by atoms with E-state index in [9.17, 15) is 13.2 Å². The molecule has 0 aliphatic rings. The smallest absolute Gasteiger partial charge is 0.264 e. The molecule has 7 heteroatoms. The Morgan fingerprint density at radius 1 is 0.933 bits per heavy atom.